The van der Waals surface area contributed by atoms with Gasteiger partial charge in [0, 0.05) is 0 Å². The summed E-state index contributed by atoms with van der Waals surface area (Å²) in [5.74, 6) is -0.349. The maximum atomic E-state index is 12.3. The van der Waals surface area contributed by atoms with E-state index in [4.69, 9.17) is 10.5 Å². The van der Waals surface area contributed by atoms with Crippen molar-refractivity contribution in [2.75, 3.05) is 0 Å². The highest BCUT2D eigenvalue weighted by atomic mass is 16.6. The van der Waals surface area contributed by atoms with Gasteiger partial charge in [-0.2, -0.15) is 0 Å². The predicted octanol–water partition coefficient (Wildman–Crippen LogP) is 7.87. The summed E-state index contributed by atoms with van der Waals surface area (Å²) in [6.45, 7) is 31.7. The fourth-order valence-electron chi connectivity index (χ4n) is 2.85. The Kier molecular flexibility index (Phi) is 21.2. The molecule has 0 amide bonds. The van der Waals surface area contributed by atoms with Crippen LogP contribution in [0.25, 0.3) is 0 Å². The minimum Gasteiger partial charge on any atom is -0.459 e. The summed E-state index contributed by atoms with van der Waals surface area (Å²) in [6.07, 6.45) is 8.64. The Labute approximate surface area is 183 Å². The van der Waals surface area contributed by atoms with Gasteiger partial charge in [0.05, 0.1) is 0 Å². The molecule has 0 aromatic heterocycles. The first-order valence-corrected chi connectivity index (χ1v) is 11.2. The van der Waals surface area contributed by atoms with Crippen molar-refractivity contribution >= 4 is 5.97 Å². The second kappa shape index (κ2) is 17.5. The van der Waals surface area contributed by atoms with Gasteiger partial charge in [-0.1, -0.05) is 100 Å². The smallest absolute Gasteiger partial charge is 0.323 e. The summed E-state index contributed by atoms with van der Waals surface area (Å²) in [5, 5.41) is 0. The Morgan fingerprint density at radius 1 is 0.966 bits per heavy atom. The van der Waals surface area contributed by atoms with Gasteiger partial charge in [-0.15, -0.1) is 0 Å². The number of hydrogen-bond acceptors (Lipinski definition) is 3. The molecule has 0 rings (SSSR count). The standard InChI is InChI=1S/C20H35NO2.3C2H6/c1-10-12-15(13-11-2)19(6,7)14-20(8,9)16(21)17(22)23-18(3,4)5;3*1-2/h10-13,16H,1,14,21H2,2-9H3;3*1-2H3/b13-11-,15-12+;;;. The molecule has 29 heavy (non-hydrogen) atoms. The van der Waals surface area contributed by atoms with E-state index in [1.54, 1.807) is 6.08 Å². The third-order valence-electron chi connectivity index (χ3n) is 3.83. The molecule has 0 heterocycles. The van der Waals surface area contributed by atoms with Crippen molar-refractivity contribution in [3.05, 3.63) is 36.5 Å². The van der Waals surface area contributed by atoms with Gasteiger partial charge in [0.25, 0.3) is 0 Å². The van der Waals surface area contributed by atoms with E-state index in [9.17, 15) is 4.79 Å². The first-order chi connectivity index (χ1) is 13.3. The molecule has 0 fully saturated rings. The molecule has 0 aliphatic rings. The topological polar surface area (TPSA) is 52.3 Å². The lowest BCUT2D eigenvalue weighted by atomic mass is 9.68. The van der Waals surface area contributed by atoms with Crippen LogP contribution in [-0.2, 0) is 9.53 Å². The maximum absolute atomic E-state index is 12.3. The van der Waals surface area contributed by atoms with E-state index in [2.05, 4.69) is 26.5 Å². The van der Waals surface area contributed by atoms with Crippen molar-refractivity contribution in [1.29, 1.82) is 0 Å². The second-order valence-corrected chi connectivity index (χ2v) is 8.42. The number of carbonyl (C=O) groups is 1. The summed E-state index contributed by atoms with van der Waals surface area (Å²) in [6, 6.07) is -0.670. The lowest BCUT2D eigenvalue weighted by molar-refractivity contribution is -0.159. The van der Waals surface area contributed by atoms with Crippen LogP contribution < -0.4 is 5.73 Å². The number of ether oxygens (including phenoxy) is 1. The molecule has 0 bridgehead atoms. The van der Waals surface area contributed by atoms with Crippen molar-refractivity contribution in [2.24, 2.45) is 16.6 Å². The fourth-order valence-corrected chi connectivity index (χ4v) is 2.85. The number of nitrogens with two attached hydrogens (primary N) is 1. The van der Waals surface area contributed by atoms with Crippen LogP contribution in [-0.4, -0.2) is 17.6 Å². The summed E-state index contributed by atoms with van der Waals surface area (Å²) in [5.41, 5.74) is 6.33. The quantitative estimate of drug-likeness (QED) is 0.342. The molecule has 1 unspecified atom stereocenters. The molecular formula is C26H53NO2. The molecule has 174 valence electrons. The van der Waals surface area contributed by atoms with Crippen molar-refractivity contribution in [3.63, 3.8) is 0 Å². The summed E-state index contributed by atoms with van der Waals surface area (Å²) in [7, 11) is 0. The van der Waals surface area contributed by atoms with Gasteiger partial charge in [-0.05, 0) is 50.5 Å². The molecule has 0 saturated heterocycles. The summed E-state index contributed by atoms with van der Waals surface area (Å²) in [4.78, 5) is 12.3. The Balaban J connectivity index is -0.000000472. The largest absolute Gasteiger partial charge is 0.459 e. The zero-order chi connectivity index (χ0) is 24.5. The molecule has 0 aliphatic carbocycles. The SMILES string of the molecule is C=C/C=C(\C=C/C)C(C)(C)CC(C)(C)C(N)C(=O)OC(C)(C)C.CC.CC.CC. The minimum absolute atomic E-state index is 0.135. The molecule has 2 N–H and O–H groups in total. The van der Waals surface area contributed by atoms with Crippen molar-refractivity contribution < 1.29 is 9.53 Å². The van der Waals surface area contributed by atoms with Crippen molar-refractivity contribution in [1.82, 2.24) is 0 Å². The molecule has 1 atom stereocenters. The van der Waals surface area contributed by atoms with Crippen LogP contribution in [0.1, 0.15) is 103 Å². The number of carbonyl (C=O) groups excluding carboxylic acids is 1. The summed E-state index contributed by atoms with van der Waals surface area (Å²) >= 11 is 0. The first-order valence-electron chi connectivity index (χ1n) is 11.2. The molecule has 0 saturated carbocycles. The molecule has 0 aliphatic heterocycles. The highest BCUT2D eigenvalue weighted by Gasteiger charge is 2.39. The monoisotopic (exact) mass is 411 g/mol. The average molecular weight is 412 g/mol. The molecule has 3 nitrogen and oxygen atoms in total. The zero-order valence-corrected chi connectivity index (χ0v) is 22.2. The van der Waals surface area contributed by atoms with Crippen molar-refractivity contribution in [2.45, 2.75) is 115 Å². The van der Waals surface area contributed by atoms with E-state index in [0.717, 1.165) is 6.42 Å². The van der Waals surface area contributed by atoms with Crippen LogP contribution in [0, 0.1) is 10.8 Å². The first kappa shape index (κ1) is 35.1. The third-order valence-corrected chi connectivity index (χ3v) is 3.83. The van der Waals surface area contributed by atoms with Crippen LogP contribution in [0.2, 0.25) is 0 Å². The summed E-state index contributed by atoms with van der Waals surface area (Å²) < 4.78 is 5.45. The van der Waals surface area contributed by atoms with Gasteiger partial charge in [-0.3, -0.25) is 4.79 Å². The van der Waals surface area contributed by atoms with Gasteiger partial charge in [0.2, 0.25) is 0 Å². The van der Waals surface area contributed by atoms with Gasteiger partial charge in [0.15, 0.2) is 0 Å². The third kappa shape index (κ3) is 16.2. The number of hydrogen-bond donors (Lipinski definition) is 1. The molecule has 0 aromatic rings. The van der Waals surface area contributed by atoms with Gasteiger partial charge in [0.1, 0.15) is 11.6 Å². The second-order valence-electron chi connectivity index (χ2n) is 8.42. The number of esters is 1. The predicted molar refractivity (Wildman–Crippen MR) is 133 cm³/mol. The zero-order valence-electron chi connectivity index (χ0n) is 22.2. The molecule has 0 radical (unpaired) electrons. The van der Waals surface area contributed by atoms with E-state index >= 15 is 0 Å². The Morgan fingerprint density at radius 3 is 1.69 bits per heavy atom. The minimum atomic E-state index is -0.670. The van der Waals surface area contributed by atoms with Crippen LogP contribution >= 0.6 is 0 Å². The number of rotatable bonds is 7. The number of allylic oxidation sites excluding steroid dienone is 5. The molecule has 0 spiro atoms. The van der Waals surface area contributed by atoms with Gasteiger partial charge >= 0.3 is 5.97 Å². The maximum Gasteiger partial charge on any atom is 0.323 e. The van der Waals surface area contributed by atoms with Gasteiger partial charge in [-0.25, -0.2) is 0 Å². The Morgan fingerprint density at radius 2 is 1.38 bits per heavy atom. The highest BCUT2D eigenvalue weighted by Crippen LogP contribution is 2.41. The molecule has 3 heteroatoms. The van der Waals surface area contributed by atoms with Crippen LogP contribution in [0.15, 0.2) is 36.5 Å². The Bertz CT molecular complexity index is 477. The van der Waals surface area contributed by atoms with Crippen LogP contribution in [0.4, 0.5) is 0 Å². The van der Waals surface area contributed by atoms with E-state index < -0.39 is 17.1 Å². The van der Waals surface area contributed by atoms with Crippen molar-refractivity contribution in [3.8, 4) is 0 Å². The average Bonchev–Trinajstić information content (AvgIpc) is 2.63. The van der Waals surface area contributed by atoms with E-state index in [-0.39, 0.29) is 11.4 Å². The normalized spacial score (nSPS) is 13.0. The van der Waals surface area contributed by atoms with Crippen LogP contribution in [0.5, 0.6) is 0 Å². The molecule has 0 aromatic carbocycles. The highest BCUT2D eigenvalue weighted by molar-refractivity contribution is 5.77. The Hall–Kier alpha value is -1.35. The fraction of sp³-hybridized carbons (Fsp3) is 0.731. The van der Waals surface area contributed by atoms with E-state index in [1.807, 2.05) is 95.2 Å². The lowest BCUT2D eigenvalue weighted by Gasteiger charge is -2.39. The lowest BCUT2D eigenvalue weighted by Crippen LogP contribution is -2.48. The molecular weight excluding hydrogens is 358 g/mol. The van der Waals surface area contributed by atoms with E-state index in [1.165, 1.54) is 5.57 Å². The van der Waals surface area contributed by atoms with Crippen LogP contribution in [0.3, 0.4) is 0 Å². The van der Waals surface area contributed by atoms with Gasteiger partial charge < -0.3 is 10.5 Å². The van der Waals surface area contributed by atoms with E-state index in [0.29, 0.717) is 0 Å².